The molecule has 2 aromatic rings. The Morgan fingerprint density at radius 2 is 1.80 bits per heavy atom. The van der Waals surface area contributed by atoms with Crippen LogP contribution in [0.25, 0.3) is 0 Å². The second-order valence-electron chi connectivity index (χ2n) is 6.13. The van der Waals surface area contributed by atoms with Crippen molar-refractivity contribution in [1.82, 2.24) is 0 Å². The first-order chi connectivity index (χ1) is 11.9. The lowest BCUT2D eigenvalue weighted by atomic mass is 10.1. The van der Waals surface area contributed by atoms with Crippen LogP contribution in [0.2, 0.25) is 0 Å². The topological polar surface area (TPSA) is 61.4 Å². The molecular formula is C19H20BrN3O2. The quantitative estimate of drug-likeness (QED) is 0.818. The number of benzene rings is 2. The molecule has 1 unspecified atom stereocenters. The van der Waals surface area contributed by atoms with Crippen LogP contribution in [0.3, 0.4) is 0 Å². The van der Waals surface area contributed by atoms with Crippen molar-refractivity contribution in [3.8, 4) is 0 Å². The van der Waals surface area contributed by atoms with Crippen LogP contribution in [0.4, 0.5) is 17.1 Å². The first kappa shape index (κ1) is 17.5. The van der Waals surface area contributed by atoms with Crippen molar-refractivity contribution in [3.63, 3.8) is 0 Å². The highest BCUT2D eigenvalue weighted by atomic mass is 79.9. The summed E-state index contributed by atoms with van der Waals surface area (Å²) in [7, 11) is 0. The van der Waals surface area contributed by atoms with Crippen molar-refractivity contribution in [3.05, 3.63) is 52.5 Å². The number of fused-ring (bicyclic) bond motifs is 1. The number of amides is 2. The van der Waals surface area contributed by atoms with Gasteiger partial charge in [-0.3, -0.25) is 9.59 Å². The summed E-state index contributed by atoms with van der Waals surface area (Å²) in [5, 5.41) is 6.11. The van der Waals surface area contributed by atoms with E-state index < -0.39 is 0 Å². The van der Waals surface area contributed by atoms with Crippen LogP contribution in [0.1, 0.15) is 19.4 Å². The van der Waals surface area contributed by atoms with Crippen LogP contribution in [0, 0.1) is 0 Å². The third-order valence-electron chi connectivity index (χ3n) is 4.24. The Kier molecular flexibility index (Phi) is 5.08. The number of nitrogens with one attached hydrogen (secondary N) is 2. The van der Waals surface area contributed by atoms with E-state index in [-0.39, 0.29) is 17.9 Å². The lowest BCUT2D eigenvalue weighted by molar-refractivity contribution is -0.117. The molecule has 1 aliphatic heterocycles. The summed E-state index contributed by atoms with van der Waals surface area (Å²) in [6.45, 7) is 4.12. The van der Waals surface area contributed by atoms with E-state index in [0.717, 1.165) is 33.5 Å². The van der Waals surface area contributed by atoms with Gasteiger partial charge in [-0.2, -0.15) is 0 Å². The van der Waals surface area contributed by atoms with Gasteiger partial charge in [-0.1, -0.05) is 15.9 Å². The second kappa shape index (κ2) is 7.27. The predicted molar refractivity (Wildman–Crippen MR) is 104 cm³/mol. The Balaban J connectivity index is 1.65. The molecular weight excluding hydrogens is 382 g/mol. The molecule has 0 aromatic heterocycles. The molecule has 2 amide bonds. The Hall–Kier alpha value is -2.34. The average Bonchev–Trinajstić information content (AvgIpc) is 3.00. The summed E-state index contributed by atoms with van der Waals surface area (Å²) in [5.74, 6) is -0.0464. The zero-order valence-electron chi connectivity index (χ0n) is 14.2. The van der Waals surface area contributed by atoms with Gasteiger partial charge < -0.3 is 15.5 Å². The van der Waals surface area contributed by atoms with E-state index in [1.807, 2.05) is 49.4 Å². The number of anilines is 3. The Labute approximate surface area is 155 Å². The molecule has 1 atom stereocenters. The molecule has 6 heteroatoms. The van der Waals surface area contributed by atoms with Gasteiger partial charge in [0.15, 0.2) is 0 Å². The molecule has 1 heterocycles. The number of hydrogen-bond acceptors (Lipinski definition) is 3. The first-order valence-corrected chi connectivity index (χ1v) is 8.97. The highest BCUT2D eigenvalue weighted by Gasteiger charge is 2.22. The van der Waals surface area contributed by atoms with Crippen molar-refractivity contribution < 1.29 is 9.59 Å². The zero-order chi connectivity index (χ0) is 18.0. The van der Waals surface area contributed by atoms with Crippen molar-refractivity contribution in [2.45, 2.75) is 26.3 Å². The Morgan fingerprint density at radius 1 is 1.12 bits per heavy atom. The minimum atomic E-state index is -0.382. The van der Waals surface area contributed by atoms with Gasteiger partial charge in [0.25, 0.3) is 0 Å². The Bertz CT molecular complexity index is 805. The molecule has 130 valence electrons. The van der Waals surface area contributed by atoms with Crippen LogP contribution in [-0.2, 0) is 16.0 Å². The van der Waals surface area contributed by atoms with Gasteiger partial charge >= 0.3 is 0 Å². The van der Waals surface area contributed by atoms with E-state index in [9.17, 15) is 9.59 Å². The van der Waals surface area contributed by atoms with E-state index in [2.05, 4.69) is 26.6 Å². The lowest BCUT2D eigenvalue weighted by Crippen LogP contribution is -2.31. The van der Waals surface area contributed by atoms with Crippen molar-refractivity contribution in [2.24, 2.45) is 0 Å². The number of hydrogen-bond donors (Lipinski definition) is 2. The SMILES string of the molecule is CC(=O)N1CCc2cc(NC(C)C(=O)Nc3ccc(Br)cc3)ccc21. The largest absolute Gasteiger partial charge is 0.374 e. The molecule has 1 aliphatic rings. The maximum absolute atomic E-state index is 12.3. The maximum atomic E-state index is 12.3. The molecule has 2 N–H and O–H groups in total. The normalized spacial score (nSPS) is 14.0. The third kappa shape index (κ3) is 4.02. The summed E-state index contributed by atoms with van der Waals surface area (Å²) in [4.78, 5) is 25.7. The molecule has 0 fully saturated rings. The average molecular weight is 402 g/mol. The van der Waals surface area contributed by atoms with Gasteiger partial charge in [0.05, 0.1) is 0 Å². The number of carbonyl (C=O) groups excluding carboxylic acids is 2. The first-order valence-electron chi connectivity index (χ1n) is 8.18. The van der Waals surface area contributed by atoms with Crippen molar-refractivity contribution >= 4 is 44.8 Å². The molecule has 5 nitrogen and oxygen atoms in total. The molecule has 0 saturated carbocycles. The molecule has 3 rings (SSSR count). The summed E-state index contributed by atoms with van der Waals surface area (Å²) in [6.07, 6.45) is 0.837. The summed E-state index contributed by atoms with van der Waals surface area (Å²) >= 11 is 3.37. The lowest BCUT2D eigenvalue weighted by Gasteiger charge is -2.18. The fraction of sp³-hybridized carbons (Fsp3) is 0.263. The molecule has 25 heavy (non-hydrogen) atoms. The van der Waals surface area contributed by atoms with Gasteiger partial charge in [-0.25, -0.2) is 0 Å². The van der Waals surface area contributed by atoms with Crippen molar-refractivity contribution in [1.29, 1.82) is 0 Å². The summed E-state index contributed by atoms with van der Waals surface area (Å²) < 4.78 is 0.967. The van der Waals surface area contributed by atoms with E-state index in [4.69, 9.17) is 0 Å². The molecule has 0 aliphatic carbocycles. The smallest absolute Gasteiger partial charge is 0.246 e. The molecule has 0 bridgehead atoms. The van der Waals surface area contributed by atoms with Crippen LogP contribution < -0.4 is 15.5 Å². The Morgan fingerprint density at radius 3 is 2.48 bits per heavy atom. The van der Waals surface area contributed by atoms with E-state index >= 15 is 0 Å². The maximum Gasteiger partial charge on any atom is 0.246 e. The molecule has 0 radical (unpaired) electrons. The van der Waals surface area contributed by atoms with Gasteiger partial charge in [0.1, 0.15) is 6.04 Å². The minimum Gasteiger partial charge on any atom is -0.374 e. The van der Waals surface area contributed by atoms with Crippen molar-refractivity contribution in [2.75, 3.05) is 22.1 Å². The standard InChI is InChI=1S/C19H20BrN3O2/c1-12(19(25)22-16-5-3-15(20)4-6-16)21-17-7-8-18-14(11-17)9-10-23(18)13(2)24/h3-8,11-12,21H,9-10H2,1-2H3,(H,22,25). The van der Waals surface area contributed by atoms with Gasteiger partial charge in [-0.15, -0.1) is 0 Å². The predicted octanol–water partition coefficient (Wildman–Crippen LogP) is 3.80. The third-order valence-corrected chi connectivity index (χ3v) is 4.77. The molecule has 0 saturated heterocycles. The minimum absolute atomic E-state index is 0.0571. The van der Waals surface area contributed by atoms with Crippen LogP contribution >= 0.6 is 15.9 Å². The zero-order valence-corrected chi connectivity index (χ0v) is 15.8. The summed E-state index contributed by atoms with van der Waals surface area (Å²) in [5.41, 5.74) is 3.72. The fourth-order valence-corrected chi connectivity index (χ4v) is 3.18. The summed E-state index contributed by atoms with van der Waals surface area (Å²) in [6, 6.07) is 12.9. The van der Waals surface area contributed by atoms with Gasteiger partial charge in [0.2, 0.25) is 11.8 Å². The van der Waals surface area contributed by atoms with Crippen LogP contribution in [-0.4, -0.2) is 24.4 Å². The highest BCUT2D eigenvalue weighted by Crippen LogP contribution is 2.30. The highest BCUT2D eigenvalue weighted by molar-refractivity contribution is 9.10. The van der Waals surface area contributed by atoms with E-state index in [1.165, 1.54) is 0 Å². The van der Waals surface area contributed by atoms with Crippen LogP contribution in [0.5, 0.6) is 0 Å². The monoisotopic (exact) mass is 401 g/mol. The van der Waals surface area contributed by atoms with Crippen LogP contribution in [0.15, 0.2) is 46.9 Å². The number of rotatable bonds is 4. The van der Waals surface area contributed by atoms with E-state index in [0.29, 0.717) is 6.54 Å². The number of halogens is 1. The van der Waals surface area contributed by atoms with E-state index in [1.54, 1.807) is 11.8 Å². The molecule has 0 spiro atoms. The molecule has 2 aromatic carbocycles. The number of nitrogens with zero attached hydrogens (tertiary/aromatic N) is 1. The fourth-order valence-electron chi connectivity index (χ4n) is 2.92. The number of carbonyl (C=O) groups is 2. The van der Waals surface area contributed by atoms with Gasteiger partial charge in [0, 0.05) is 35.0 Å². The second-order valence-corrected chi connectivity index (χ2v) is 7.04. The van der Waals surface area contributed by atoms with Gasteiger partial charge in [-0.05, 0) is 61.4 Å².